The highest BCUT2D eigenvalue weighted by molar-refractivity contribution is 5.41. The monoisotopic (exact) mass is 213 g/mol. The van der Waals surface area contributed by atoms with E-state index in [0.29, 0.717) is 0 Å². The standard InChI is InChI=1S/C13H15N3/c1-10-5-6-13(9-15-10)16-8-12-4-3-7-14-11(12)2/h3-7,9,16H,8H2,1-2H3. The van der Waals surface area contributed by atoms with E-state index in [2.05, 4.69) is 21.4 Å². The number of nitrogens with one attached hydrogen (secondary N) is 1. The van der Waals surface area contributed by atoms with Crippen molar-refractivity contribution in [1.29, 1.82) is 0 Å². The predicted molar refractivity (Wildman–Crippen MR) is 65.3 cm³/mol. The molecule has 2 rings (SSSR count). The van der Waals surface area contributed by atoms with E-state index in [9.17, 15) is 0 Å². The first-order valence-electron chi connectivity index (χ1n) is 5.33. The third-order valence-corrected chi connectivity index (χ3v) is 2.51. The number of aromatic nitrogens is 2. The first-order valence-corrected chi connectivity index (χ1v) is 5.33. The summed E-state index contributed by atoms with van der Waals surface area (Å²) in [6.45, 7) is 4.78. The molecular formula is C13H15N3. The molecule has 3 nitrogen and oxygen atoms in total. The normalized spacial score (nSPS) is 10.1. The summed E-state index contributed by atoms with van der Waals surface area (Å²) in [6.07, 6.45) is 3.66. The van der Waals surface area contributed by atoms with Crippen LogP contribution in [0.15, 0.2) is 36.7 Å². The minimum Gasteiger partial charge on any atom is -0.380 e. The molecule has 0 aromatic carbocycles. The highest BCUT2D eigenvalue weighted by Crippen LogP contribution is 2.09. The van der Waals surface area contributed by atoms with Crippen LogP contribution in [0.5, 0.6) is 0 Å². The zero-order chi connectivity index (χ0) is 11.4. The van der Waals surface area contributed by atoms with Crippen molar-refractivity contribution in [3.63, 3.8) is 0 Å². The number of hydrogen-bond acceptors (Lipinski definition) is 3. The maximum absolute atomic E-state index is 4.25. The molecule has 0 atom stereocenters. The Labute approximate surface area is 95.6 Å². The minimum absolute atomic E-state index is 0.782. The summed E-state index contributed by atoms with van der Waals surface area (Å²) in [5, 5.41) is 3.33. The number of aryl methyl sites for hydroxylation is 2. The van der Waals surface area contributed by atoms with Gasteiger partial charge in [-0.3, -0.25) is 9.97 Å². The number of anilines is 1. The number of pyridine rings is 2. The van der Waals surface area contributed by atoms with E-state index in [1.54, 1.807) is 0 Å². The van der Waals surface area contributed by atoms with Crippen LogP contribution in [-0.4, -0.2) is 9.97 Å². The Morgan fingerprint density at radius 1 is 1.12 bits per heavy atom. The first-order chi connectivity index (χ1) is 7.75. The highest BCUT2D eigenvalue weighted by Gasteiger charge is 1.98. The minimum atomic E-state index is 0.782. The van der Waals surface area contributed by atoms with Crippen molar-refractivity contribution in [3.05, 3.63) is 53.6 Å². The molecular weight excluding hydrogens is 198 g/mol. The van der Waals surface area contributed by atoms with Gasteiger partial charge in [0.15, 0.2) is 0 Å². The Morgan fingerprint density at radius 2 is 2.00 bits per heavy atom. The molecule has 1 N–H and O–H groups in total. The van der Waals surface area contributed by atoms with Crippen LogP contribution in [0.3, 0.4) is 0 Å². The summed E-state index contributed by atoms with van der Waals surface area (Å²) in [5.74, 6) is 0. The van der Waals surface area contributed by atoms with Crippen molar-refractivity contribution in [2.24, 2.45) is 0 Å². The van der Waals surface area contributed by atoms with Gasteiger partial charge in [0.2, 0.25) is 0 Å². The molecule has 0 saturated heterocycles. The smallest absolute Gasteiger partial charge is 0.0529 e. The van der Waals surface area contributed by atoms with Gasteiger partial charge in [-0.05, 0) is 37.6 Å². The van der Waals surface area contributed by atoms with Gasteiger partial charge in [0, 0.05) is 24.1 Å². The molecule has 2 aromatic heterocycles. The van der Waals surface area contributed by atoms with Gasteiger partial charge < -0.3 is 5.32 Å². The summed E-state index contributed by atoms with van der Waals surface area (Å²) in [5.41, 5.74) is 4.34. The molecule has 0 bridgehead atoms. The van der Waals surface area contributed by atoms with E-state index in [4.69, 9.17) is 0 Å². The molecule has 0 aliphatic carbocycles. The van der Waals surface area contributed by atoms with Crippen LogP contribution in [0.4, 0.5) is 5.69 Å². The quantitative estimate of drug-likeness (QED) is 0.851. The van der Waals surface area contributed by atoms with E-state index >= 15 is 0 Å². The zero-order valence-corrected chi connectivity index (χ0v) is 9.57. The summed E-state index contributed by atoms with van der Waals surface area (Å²) < 4.78 is 0. The summed E-state index contributed by atoms with van der Waals surface area (Å²) >= 11 is 0. The van der Waals surface area contributed by atoms with Crippen LogP contribution in [0.2, 0.25) is 0 Å². The van der Waals surface area contributed by atoms with Crippen LogP contribution in [0, 0.1) is 13.8 Å². The number of nitrogens with zero attached hydrogens (tertiary/aromatic N) is 2. The number of hydrogen-bond donors (Lipinski definition) is 1. The first kappa shape index (κ1) is 10.6. The fraction of sp³-hybridized carbons (Fsp3) is 0.231. The molecule has 0 amide bonds. The van der Waals surface area contributed by atoms with Gasteiger partial charge in [0.25, 0.3) is 0 Å². The van der Waals surface area contributed by atoms with Crippen LogP contribution < -0.4 is 5.32 Å². The lowest BCUT2D eigenvalue weighted by Crippen LogP contribution is -2.02. The van der Waals surface area contributed by atoms with E-state index in [1.165, 1.54) is 5.56 Å². The lowest BCUT2D eigenvalue weighted by atomic mass is 10.2. The molecule has 0 radical (unpaired) electrons. The van der Waals surface area contributed by atoms with Gasteiger partial charge in [-0.2, -0.15) is 0 Å². The van der Waals surface area contributed by atoms with Gasteiger partial charge in [-0.25, -0.2) is 0 Å². The van der Waals surface area contributed by atoms with Gasteiger partial charge in [-0.15, -0.1) is 0 Å². The third-order valence-electron chi connectivity index (χ3n) is 2.51. The Balaban J connectivity index is 2.02. The van der Waals surface area contributed by atoms with Crippen molar-refractivity contribution in [1.82, 2.24) is 9.97 Å². The average Bonchev–Trinajstić information content (AvgIpc) is 2.30. The van der Waals surface area contributed by atoms with E-state index in [0.717, 1.165) is 23.6 Å². The molecule has 16 heavy (non-hydrogen) atoms. The molecule has 0 spiro atoms. The molecule has 0 unspecified atom stereocenters. The van der Waals surface area contributed by atoms with Gasteiger partial charge in [0.1, 0.15) is 0 Å². The summed E-state index contributed by atoms with van der Waals surface area (Å²) in [4.78, 5) is 8.49. The van der Waals surface area contributed by atoms with Crippen LogP contribution in [-0.2, 0) is 6.54 Å². The van der Waals surface area contributed by atoms with Crippen LogP contribution >= 0.6 is 0 Å². The van der Waals surface area contributed by atoms with E-state index in [1.807, 2.05) is 44.4 Å². The third kappa shape index (κ3) is 2.57. The van der Waals surface area contributed by atoms with Gasteiger partial charge >= 0.3 is 0 Å². The molecule has 0 aliphatic rings. The fourth-order valence-corrected chi connectivity index (χ4v) is 1.47. The zero-order valence-electron chi connectivity index (χ0n) is 9.57. The Kier molecular flexibility index (Phi) is 3.15. The number of rotatable bonds is 3. The maximum Gasteiger partial charge on any atom is 0.0529 e. The molecule has 82 valence electrons. The Morgan fingerprint density at radius 3 is 2.69 bits per heavy atom. The molecule has 3 heteroatoms. The van der Waals surface area contributed by atoms with E-state index < -0.39 is 0 Å². The van der Waals surface area contributed by atoms with Crippen LogP contribution in [0.25, 0.3) is 0 Å². The summed E-state index contributed by atoms with van der Waals surface area (Å²) in [6, 6.07) is 8.07. The fourth-order valence-electron chi connectivity index (χ4n) is 1.47. The average molecular weight is 213 g/mol. The Hall–Kier alpha value is -1.90. The topological polar surface area (TPSA) is 37.8 Å². The predicted octanol–water partition coefficient (Wildman–Crippen LogP) is 2.71. The van der Waals surface area contributed by atoms with Crippen molar-refractivity contribution < 1.29 is 0 Å². The van der Waals surface area contributed by atoms with Crippen LogP contribution in [0.1, 0.15) is 17.0 Å². The van der Waals surface area contributed by atoms with Crippen molar-refractivity contribution >= 4 is 5.69 Å². The molecule has 0 saturated carbocycles. The lowest BCUT2D eigenvalue weighted by Gasteiger charge is -2.07. The molecule has 0 aliphatic heterocycles. The van der Waals surface area contributed by atoms with Crippen molar-refractivity contribution in [2.75, 3.05) is 5.32 Å². The second kappa shape index (κ2) is 4.75. The molecule has 2 heterocycles. The second-order valence-corrected chi connectivity index (χ2v) is 3.79. The maximum atomic E-state index is 4.25. The van der Waals surface area contributed by atoms with Gasteiger partial charge in [0.05, 0.1) is 11.9 Å². The van der Waals surface area contributed by atoms with Crippen molar-refractivity contribution in [2.45, 2.75) is 20.4 Å². The SMILES string of the molecule is Cc1ccc(NCc2cccnc2C)cn1. The molecule has 0 fully saturated rings. The largest absolute Gasteiger partial charge is 0.380 e. The van der Waals surface area contributed by atoms with Gasteiger partial charge in [-0.1, -0.05) is 6.07 Å². The highest BCUT2D eigenvalue weighted by atomic mass is 14.9. The second-order valence-electron chi connectivity index (χ2n) is 3.79. The van der Waals surface area contributed by atoms with Crippen molar-refractivity contribution in [3.8, 4) is 0 Å². The summed E-state index contributed by atoms with van der Waals surface area (Å²) in [7, 11) is 0. The Bertz CT molecular complexity index is 463. The molecule has 2 aromatic rings. The van der Waals surface area contributed by atoms with E-state index in [-0.39, 0.29) is 0 Å². The lowest BCUT2D eigenvalue weighted by molar-refractivity contribution is 1.05.